The summed E-state index contributed by atoms with van der Waals surface area (Å²) in [5.41, 5.74) is 7.20. The van der Waals surface area contributed by atoms with E-state index in [1.807, 2.05) is 0 Å². The number of rotatable bonds is 2. The molecule has 0 fully saturated rings. The molecule has 1 aliphatic heterocycles. The van der Waals surface area contributed by atoms with Crippen LogP contribution in [0.3, 0.4) is 0 Å². The van der Waals surface area contributed by atoms with Gasteiger partial charge in [-0.15, -0.1) is 0 Å². The SMILES string of the molecule is Cc1cc(CP(=O)(O)O)cc2c1OC(=O)C2N. The van der Waals surface area contributed by atoms with Crippen LogP contribution in [-0.4, -0.2) is 15.8 Å². The lowest BCUT2D eigenvalue weighted by Crippen LogP contribution is -2.18. The molecular formula is C10H12NO5P. The Morgan fingerprint density at radius 2 is 2.12 bits per heavy atom. The maximum atomic E-state index is 11.3. The molecule has 0 aliphatic carbocycles. The van der Waals surface area contributed by atoms with Gasteiger partial charge in [-0.2, -0.15) is 0 Å². The van der Waals surface area contributed by atoms with Gasteiger partial charge in [-0.3, -0.25) is 4.57 Å². The summed E-state index contributed by atoms with van der Waals surface area (Å²) in [6.07, 6.45) is -0.373. The Balaban J connectivity index is 2.45. The molecule has 1 heterocycles. The third-order valence-electron chi connectivity index (χ3n) is 2.54. The Morgan fingerprint density at radius 3 is 2.71 bits per heavy atom. The van der Waals surface area contributed by atoms with Crippen LogP contribution in [0.5, 0.6) is 5.75 Å². The highest BCUT2D eigenvalue weighted by molar-refractivity contribution is 7.50. The molecule has 1 unspecified atom stereocenters. The van der Waals surface area contributed by atoms with Crippen LogP contribution in [0.4, 0.5) is 0 Å². The van der Waals surface area contributed by atoms with Crippen LogP contribution in [0.15, 0.2) is 12.1 Å². The summed E-state index contributed by atoms with van der Waals surface area (Å²) in [5, 5.41) is 0. The normalized spacial score (nSPS) is 19.1. The smallest absolute Gasteiger partial charge is 0.333 e. The van der Waals surface area contributed by atoms with Crippen LogP contribution in [0.1, 0.15) is 22.7 Å². The average molecular weight is 257 g/mol. The van der Waals surface area contributed by atoms with E-state index in [0.717, 1.165) is 0 Å². The number of ether oxygens (including phenoxy) is 1. The Kier molecular flexibility index (Phi) is 2.83. The second-order valence-corrected chi connectivity index (χ2v) is 5.70. The van der Waals surface area contributed by atoms with Crippen LogP contribution in [0.2, 0.25) is 0 Å². The lowest BCUT2D eigenvalue weighted by atomic mass is 10.0. The highest BCUT2D eigenvalue weighted by Crippen LogP contribution is 2.42. The predicted octanol–water partition coefficient (Wildman–Crippen LogP) is 0.592. The van der Waals surface area contributed by atoms with E-state index in [4.69, 9.17) is 20.3 Å². The number of benzene rings is 1. The molecule has 0 amide bonds. The number of esters is 1. The molecule has 0 saturated heterocycles. The van der Waals surface area contributed by atoms with Crippen molar-refractivity contribution in [3.8, 4) is 5.75 Å². The highest BCUT2D eigenvalue weighted by Gasteiger charge is 2.32. The molecule has 92 valence electrons. The molecule has 17 heavy (non-hydrogen) atoms. The van der Waals surface area contributed by atoms with E-state index in [2.05, 4.69) is 0 Å². The number of hydrogen-bond acceptors (Lipinski definition) is 4. The number of hydrogen-bond donors (Lipinski definition) is 3. The molecule has 6 nitrogen and oxygen atoms in total. The van der Waals surface area contributed by atoms with Crippen LogP contribution in [0.25, 0.3) is 0 Å². The van der Waals surface area contributed by atoms with E-state index in [1.165, 1.54) is 6.07 Å². The molecule has 1 aliphatic rings. The van der Waals surface area contributed by atoms with Crippen LogP contribution >= 0.6 is 7.60 Å². The summed E-state index contributed by atoms with van der Waals surface area (Å²) >= 11 is 0. The van der Waals surface area contributed by atoms with Gasteiger partial charge in [-0.05, 0) is 24.1 Å². The average Bonchev–Trinajstić information content (AvgIpc) is 2.43. The number of nitrogens with two attached hydrogens (primary N) is 1. The standard InChI is InChI=1S/C10H12NO5P/c1-5-2-6(4-17(13,14)15)3-7-8(11)10(12)16-9(5)7/h2-3,8H,4,11H2,1H3,(H2,13,14,15). The summed E-state index contributed by atoms with van der Waals surface area (Å²) in [6.45, 7) is 1.70. The molecule has 2 rings (SSSR count). The van der Waals surface area contributed by atoms with E-state index in [-0.39, 0.29) is 6.16 Å². The van der Waals surface area contributed by atoms with E-state index < -0.39 is 19.6 Å². The lowest BCUT2D eigenvalue weighted by Gasteiger charge is -2.08. The van der Waals surface area contributed by atoms with Crippen molar-refractivity contribution in [2.75, 3.05) is 0 Å². The van der Waals surface area contributed by atoms with Gasteiger partial charge < -0.3 is 20.3 Å². The van der Waals surface area contributed by atoms with Gasteiger partial charge in [0.15, 0.2) is 0 Å². The molecule has 0 spiro atoms. The van der Waals surface area contributed by atoms with Crippen molar-refractivity contribution in [1.29, 1.82) is 0 Å². The van der Waals surface area contributed by atoms with Crippen molar-refractivity contribution < 1.29 is 23.9 Å². The van der Waals surface area contributed by atoms with Crippen molar-refractivity contribution >= 4 is 13.6 Å². The minimum Gasteiger partial charge on any atom is -0.424 e. The fraction of sp³-hybridized carbons (Fsp3) is 0.300. The zero-order chi connectivity index (χ0) is 12.8. The van der Waals surface area contributed by atoms with Gasteiger partial charge in [0.05, 0.1) is 6.16 Å². The Bertz CT molecular complexity index is 536. The third kappa shape index (κ3) is 2.40. The van der Waals surface area contributed by atoms with Gasteiger partial charge in [0, 0.05) is 5.56 Å². The molecule has 1 aromatic rings. The minimum atomic E-state index is -4.13. The van der Waals surface area contributed by atoms with Crippen LogP contribution < -0.4 is 10.5 Å². The van der Waals surface area contributed by atoms with E-state index in [0.29, 0.717) is 22.4 Å². The number of aryl methyl sites for hydroxylation is 1. The summed E-state index contributed by atoms with van der Waals surface area (Å²) in [7, 11) is -4.13. The monoisotopic (exact) mass is 257 g/mol. The topological polar surface area (TPSA) is 110 Å². The molecule has 0 aromatic heterocycles. The number of carbonyl (C=O) groups excluding carboxylic acids is 1. The molecule has 1 aromatic carbocycles. The Labute approximate surface area is 97.6 Å². The zero-order valence-electron chi connectivity index (χ0n) is 9.08. The summed E-state index contributed by atoms with van der Waals surface area (Å²) in [6, 6.07) is 2.22. The second-order valence-electron chi connectivity index (χ2n) is 4.05. The molecule has 1 atom stereocenters. The lowest BCUT2D eigenvalue weighted by molar-refractivity contribution is -0.133. The van der Waals surface area contributed by atoms with Gasteiger partial charge in [0.25, 0.3) is 0 Å². The minimum absolute atomic E-state index is 0.373. The van der Waals surface area contributed by atoms with E-state index in [1.54, 1.807) is 13.0 Å². The van der Waals surface area contributed by atoms with E-state index >= 15 is 0 Å². The molecular weight excluding hydrogens is 245 g/mol. The first kappa shape index (κ1) is 12.3. The number of carbonyl (C=O) groups is 1. The van der Waals surface area contributed by atoms with Crippen molar-refractivity contribution in [2.45, 2.75) is 19.1 Å². The van der Waals surface area contributed by atoms with Crippen molar-refractivity contribution in [2.24, 2.45) is 5.73 Å². The third-order valence-corrected chi connectivity index (χ3v) is 3.32. The Morgan fingerprint density at radius 1 is 1.47 bits per heavy atom. The first-order chi connectivity index (χ1) is 7.78. The maximum absolute atomic E-state index is 11.3. The van der Waals surface area contributed by atoms with Crippen molar-refractivity contribution in [3.63, 3.8) is 0 Å². The molecule has 4 N–H and O–H groups in total. The van der Waals surface area contributed by atoms with Crippen LogP contribution in [0, 0.1) is 6.92 Å². The van der Waals surface area contributed by atoms with Crippen molar-refractivity contribution in [3.05, 3.63) is 28.8 Å². The van der Waals surface area contributed by atoms with Crippen molar-refractivity contribution in [1.82, 2.24) is 0 Å². The summed E-state index contributed by atoms with van der Waals surface area (Å²) in [5.74, 6) is -0.145. The number of fused-ring (bicyclic) bond motifs is 1. The van der Waals surface area contributed by atoms with Crippen LogP contribution in [-0.2, 0) is 15.5 Å². The van der Waals surface area contributed by atoms with Gasteiger partial charge in [0.2, 0.25) is 0 Å². The maximum Gasteiger partial charge on any atom is 0.333 e. The summed E-state index contributed by atoms with van der Waals surface area (Å²) < 4.78 is 15.9. The second kappa shape index (κ2) is 3.92. The largest absolute Gasteiger partial charge is 0.424 e. The molecule has 0 bridgehead atoms. The molecule has 0 radical (unpaired) electrons. The summed E-state index contributed by atoms with van der Waals surface area (Å²) in [4.78, 5) is 29.1. The highest BCUT2D eigenvalue weighted by atomic mass is 31.2. The van der Waals surface area contributed by atoms with Gasteiger partial charge in [-0.1, -0.05) is 6.07 Å². The quantitative estimate of drug-likeness (QED) is 0.406. The first-order valence-corrected chi connectivity index (χ1v) is 6.73. The molecule has 0 saturated carbocycles. The van der Waals surface area contributed by atoms with Gasteiger partial charge in [0.1, 0.15) is 11.8 Å². The van der Waals surface area contributed by atoms with E-state index in [9.17, 15) is 9.36 Å². The molecule has 7 heteroatoms. The zero-order valence-corrected chi connectivity index (χ0v) is 9.98. The first-order valence-electron chi connectivity index (χ1n) is 4.93. The fourth-order valence-corrected chi connectivity index (χ4v) is 2.53. The van der Waals surface area contributed by atoms with Gasteiger partial charge >= 0.3 is 13.6 Å². The fourth-order valence-electron chi connectivity index (χ4n) is 1.87. The predicted molar refractivity (Wildman–Crippen MR) is 59.5 cm³/mol. The Hall–Kier alpha value is -1.20. The van der Waals surface area contributed by atoms with Gasteiger partial charge in [-0.25, -0.2) is 4.79 Å².